The van der Waals surface area contributed by atoms with Crippen molar-refractivity contribution in [2.75, 3.05) is 0 Å². The Morgan fingerprint density at radius 2 is 1.96 bits per heavy atom. The summed E-state index contributed by atoms with van der Waals surface area (Å²) in [5.74, 6) is -0.116. The molecule has 3 rings (SSSR count). The van der Waals surface area contributed by atoms with Gasteiger partial charge in [0.1, 0.15) is 12.4 Å². The Hall–Kier alpha value is -2.75. The van der Waals surface area contributed by atoms with Crippen LogP contribution in [0.15, 0.2) is 15.0 Å². The third-order valence-electron chi connectivity index (χ3n) is 4.31. The number of nitrogens with zero attached hydrogens (tertiary/aromatic N) is 4. The average Bonchev–Trinajstić information content (AvgIpc) is 3.24. The van der Waals surface area contributed by atoms with E-state index in [4.69, 9.17) is 4.74 Å². The number of hydrogen-bond acceptors (Lipinski definition) is 7. The molecule has 0 amide bonds. The molecule has 10 heteroatoms. The van der Waals surface area contributed by atoms with Crippen LogP contribution in [0.2, 0.25) is 0 Å². The maximum atomic E-state index is 12.5. The maximum Gasteiger partial charge on any atom is 0.358 e. The zero-order chi connectivity index (χ0) is 20.3. The van der Waals surface area contributed by atoms with Crippen LogP contribution in [0.4, 0.5) is 0 Å². The fourth-order valence-electron chi connectivity index (χ4n) is 2.98. The van der Waals surface area contributed by atoms with Crippen LogP contribution in [0, 0.1) is 6.92 Å². The molecule has 3 aromatic rings. The minimum atomic E-state index is -0.545. The first-order valence-corrected chi connectivity index (χ1v) is 10.2. The highest BCUT2D eigenvalue weighted by Crippen LogP contribution is 2.15. The van der Waals surface area contributed by atoms with Crippen molar-refractivity contribution < 1.29 is 9.53 Å². The van der Waals surface area contributed by atoms with Gasteiger partial charge in [-0.2, -0.15) is 0 Å². The van der Waals surface area contributed by atoms with Crippen molar-refractivity contribution in [3.8, 4) is 0 Å². The summed E-state index contributed by atoms with van der Waals surface area (Å²) in [6, 6.07) is 0. The number of aryl methyl sites for hydroxylation is 3. The van der Waals surface area contributed by atoms with Gasteiger partial charge in [0.05, 0.1) is 5.01 Å². The Morgan fingerprint density at radius 3 is 2.61 bits per heavy atom. The van der Waals surface area contributed by atoms with Crippen LogP contribution in [-0.4, -0.2) is 30.1 Å². The highest BCUT2D eigenvalue weighted by molar-refractivity contribution is 7.09. The quantitative estimate of drug-likeness (QED) is 0.575. The number of aromatic nitrogens is 5. The van der Waals surface area contributed by atoms with Crippen molar-refractivity contribution in [3.05, 3.63) is 42.7 Å². The minimum absolute atomic E-state index is 0.106. The molecule has 150 valence electrons. The molecule has 0 saturated heterocycles. The van der Waals surface area contributed by atoms with Crippen LogP contribution >= 0.6 is 11.3 Å². The number of esters is 1. The van der Waals surface area contributed by atoms with Gasteiger partial charge in [0, 0.05) is 18.5 Å². The van der Waals surface area contributed by atoms with Crippen molar-refractivity contribution in [1.82, 2.24) is 24.1 Å². The zero-order valence-electron chi connectivity index (χ0n) is 16.2. The third-order valence-corrected chi connectivity index (χ3v) is 5.08. The fraction of sp³-hybridized carbons (Fsp3) is 0.500. The van der Waals surface area contributed by atoms with Crippen molar-refractivity contribution in [1.29, 1.82) is 0 Å². The highest BCUT2D eigenvalue weighted by atomic mass is 32.1. The summed E-state index contributed by atoms with van der Waals surface area (Å²) in [5, 5.41) is 2.41. The number of unbranched alkanes of at least 4 members (excludes halogenated alkanes) is 1. The number of rotatable bonds is 8. The number of H-pyrrole nitrogens is 1. The summed E-state index contributed by atoms with van der Waals surface area (Å²) >= 11 is 1.37. The number of imidazole rings is 1. The number of hydrogen-bond donors (Lipinski definition) is 1. The van der Waals surface area contributed by atoms with Gasteiger partial charge >= 0.3 is 11.7 Å². The lowest BCUT2D eigenvalue weighted by Crippen LogP contribution is -2.31. The summed E-state index contributed by atoms with van der Waals surface area (Å²) < 4.78 is 8.55. The molecule has 3 heterocycles. The van der Waals surface area contributed by atoms with Crippen LogP contribution in [-0.2, 0) is 24.4 Å². The van der Waals surface area contributed by atoms with Crippen molar-refractivity contribution >= 4 is 28.5 Å². The van der Waals surface area contributed by atoms with E-state index in [0.29, 0.717) is 30.1 Å². The molecule has 0 aliphatic rings. The molecule has 0 atom stereocenters. The second kappa shape index (κ2) is 8.51. The van der Waals surface area contributed by atoms with Gasteiger partial charge in [-0.15, -0.1) is 11.3 Å². The highest BCUT2D eigenvalue weighted by Gasteiger charge is 2.20. The van der Waals surface area contributed by atoms with E-state index in [1.165, 1.54) is 15.9 Å². The van der Waals surface area contributed by atoms with Crippen LogP contribution in [0.1, 0.15) is 54.4 Å². The third kappa shape index (κ3) is 3.91. The average molecular weight is 405 g/mol. The SMILES string of the molecule is CCCCn1c(=O)[nH]c(=O)c2c1nc(COC(=O)c1csc(C)n1)n2CCC. The molecule has 0 saturated carbocycles. The second-order valence-corrected chi connectivity index (χ2v) is 7.51. The molecule has 9 nitrogen and oxygen atoms in total. The Morgan fingerprint density at radius 1 is 1.18 bits per heavy atom. The number of aromatic amines is 1. The summed E-state index contributed by atoms with van der Waals surface area (Å²) in [7, 11) is 0. The van der Waals surface area contributed by atoms with E-state index < -0.39 is 17.2 Å². The molecule has 0 aliphatic heterocycles. The van der Waals surface area contributed by atoms with Crippen LogP contribution in [0.3, 0.4) is 0 Å². The van der Waals surface area contributed by atoms with Gasteiger partial charge in [-0.1, -0.05) is 20.3 Å². The second-order valence-electron chi connectivity index (χ2n) is 6.44. The van der Waals surface area contributed by atoms with E-state index >= 15 is 0 Å². The molecule has 0 fully saturated rings. The van der Waals surface area contributed by atoms with Gasteiger partial charge in [-0.25, -0.2) is 19.6 Å². The monoisotopic (exact) mass is 405 g/mol. The van der Waals surface area contributed by atoms with E-state index in [2.05, 4.69) is 15.0 Å². The Labute approximate surface area is 165 Å². The van der Waals surface area contributed by atoms with E-state index in [9.17, 15) is 14.4 Å². The fourth-order valence-corrected chi connectivity index (χ4v) is 3.56. The van der Waals surface area contributed by atoms with Gasteiger partial charge < -0.3 is 9.30 Å². The molecule has 3 aromatic heterocycles. The first-order valence-electron chi connectivity index (χ1n) is 9.27. The summed E-state index contributed by atoms with van der Waals surface area (Å²) in [6.07, 6.45) is 2.45. The largest absolute Gasteiger partial charge is 0.453 e. The Kier molecular flexibility index (Phi) is 6.08. The van der Waals surface area contributed by atoms with E-state index in [1.807, 2.05) is 20.8 Å². The van der Waals surface area contributed by atoms with Crippen molar-refractivity contribution in [2.24, 2.45) is 0 Å². The van der Waals surface area contributed by atoms with Gasteiger partial charge in [0.25, 0.3) is 5.56 Å². The number of fused-ring (bicyclic) bond motifs is 1. The van der Waals surface area contributed by atoms with E-state index in [0.717, 1.165) is 24.3 Å². The number of ether oxygens (including phenoxy) is 1. The molecule has 0 aliphatic carbocycles. The smallest absolute Gasteiger partial charge is 0.358 e. The molecular weight excluding hydrogens is 382 g/mol. The predicted octanol–water partition coefficient (Wildman–Crippen LogP) is 2.22. The maximum absolute atomic E-state index is 12.5. The Balaban J connectivity index is 2.00. The number of carbonyl (C=O) groups is 1. The molecule has 0 radical (unpaired) electrons. The lowest BCUT2D eigenvalue weighted by atomic mass is 10.3. The molecular formula is C18H23N5O4S. The van der Waals surface area contributed by atoms with Crippen LogP contribution in [0.5, 0.6) is 0 Å². The topological polar surface area (TPSA) is 112 Å². The van der Waals surface area contributed by atoms with E-state index in [-0.39, 0.29) is 12.3 Å². The predicted molar refractivity (Wildman–Crippen MR) is 106 cm³/mol. The van der Waals surface area contributed by atoms with Crippen LogP contribution < -0.4 is 11.2 Å². The first-order chi connectivity index (χ1) is 13.5. The Bertz CT molecular complexity index is 1110. The summed E-state index contributed by atoms with van der Waals surface area (Å²) in [4.78, 5) is 47.9. The van der Waals surface area contributed by atoms with Crippen molar-refractivity contribution in [3.63, 3.8) is 0 Å². The number of thiazole rings is 1. The number of carbonyl (C=O) groups excluding carboxylic acids is 1. The van der Waals surface area contributed by atoms with E-state index in [1.54, 1.807) is 9.95 Å². The molecule has 28 heavy (non-hydrogen) atoms. The lowest BCUT2D eigenvalue weighted by molar-refractivity contribution is 0.0452. The normalized spacial score (nSPS) is 11.2. The zero-order valence-corrected chi connectivity index (χ0v) is 17.0. The summed E-state index contributed by atoms with van der Waals surface area (Å²) in [6.45, 7) is 6.68. The molecule has 0 bridgehead atoms. The first kappa shape index (κ1) is 20.0. The molecule has 0 unspecified atom stereocenters. The van der Waals surface area contributed by atoms with Crippen LogP contribution in [0.25, 0.3) is 11.2 Å². The molecule has 0 aromatic carbocycles. The van der Waals surface area contributed by atoms with Gasteiger partial charge in [0.2, 0.25) is 0 Å². The van der Waals surface area contributed by atoms with Gasteiger partial charge in [-0.05, 0) is 19.8 Å². The minimum Gasteiger partial charge on any atom is -0.453 e. The van der Waals surface area contributed by atoms with Gasteiger partial charge in [-0.3, -0.25) is 14.3 Å². The standard InChI is InChI=1S/C18H23N5O4S/c1-4-6-8-23-15-14(16(24)21-18(23)26)22(7-5-2)13(20-15)9-27-17(25)12-10-28-11(3)19-12/h10H,4-9H2,1-3H3,(H,21,24,26). The number of nitrogens with one attached hydrogen (secondary N) is 1. The molecule has 1 N–H and O–H groups in total. The molecule has 0 spiro atoms. The van der Waals surface area contributed by atoms with Gasteiger partial charge in [0.15, 0.2) is 16.9 Å². The summed E-state index contributed by atoms with van der Waals surface area (Å²) in [5.41, 5.74) is -0.0624. The lowest BCUT2D eigenvalue weighted by Gasteiger charge is -2.08. The van der Waals surface area contributed by atoms with Crippen molar-refractivity contribution in [2.45, 2.75) is 59.7 Å².